The minimum absolute atomic E-state index is 0.305. The normalized spacial score (nSPS) is 25.1. The van der Waals surface area contributed by atoms with E-state index in [1.165, 1.54) is 7.11 Å². The largest absolute Gasteiger partial charge is 0.486 e. The third-order valence-corrected chi connectivity index (χ3v) is 3.72. The number of esters is 1. The van der Waals surface area contributed by atoms with Crippen LogP contribution in [0.1, 0.15) is 26.7 Å². The minimum Gasteiger partial charge on any atom is -0.486 e. The van der Waals surface area contributed by atoms with Crippen molar-refractivity contribution in [2.24, 2.45) is 0 Å². The lowest BCUT2D eigenvalue weighted by atomic mass is 9.94. The van der Waals surface area contributed by atoms with Gasteiger partial charge in [0.2, 0.25) is 0 Å². The Balaban J connectivity index is 2.94. The quantitative estimate of drug-likeness (QED) is 0.592. The van der Waals surface area contributed by atoms with Gasteiger partial charge in [0.25, 0.3) is 0 Å². The molecular formula is C11H15IO3. The zero-order chi connectivity index (χ0) is 11.6. The molecule has 0 aromatic heterocycles. The van der Waals surface area contributed by atoms with Crippen LogP contribution in [0.5, 0.6) is 0 Å². The summed E-state index contributed by atoms with van der Waals surface area (Å²) in [4.78, 5) is 11.5. The molecule has 15 heavy (non-hydrogen) atoms. The van der Waals surface area contributed by atoms with Crippen molar-refractivity contribution in [1.82, 2.24) is 0 Å². The van der Waals surface area contributed by atoms with E-state index in [0.29, 0.717) is 17.8 Å². The Morgan fingerprint density at radius 3 is 2.67 bits per heavy atom. The molecule has 0 amide bonds. The summed E-state index contributed by atoms with van der Waals surface area (Å²) in [6.45, 7) is 7.74. The highest BCUT2D eigenvalue weighted by molar-refractivity contribution is 14.1. The first kappa shape index (κ1) is 12.5. The van der Waals surface area contributed by atoms with E-state index in [0.717, 1.165) is 10.0 Å². The van der Waals surface area contributed by atoms with Crippen molar-refractivity contribution < 1.29 is 14.3 Å². The molecule has 0 spiro atoms. The maximum absolute atomic E-state index is 11.5. The van der Waals surface area contributed by atoms with Crippen LogP contribution in [0.4, 0.5) is 0 Å². The van der Waals surface area contributed by atoms with E-state index in [1.807, 2.05) is 6.92 Å². The van der Waals surface area contributed by atoms with E-state index in [2.05, 4.69) is 29.2 Å². The molecule has 84 valence electrons. The van der Waals surface area contributed by atoms with Crippen molar-refractivity contribution in [2.45, 2.75) is 32.3 Å². The average molecular weight is 322 g/mol. The highest BCUT2D eigenvalue weighted by Gasteiger charge is 2.42. The molecule has 4 heteroatoms. The zero-order valence-electron chi connectivity index (χ0n) is 9.22. The van der Waals surface area contributed by atoms with E-state index < -0.39 is 5.60 Å². The van der Waals surface area contributed by atoms with Gasteiger partial charge < -0.3 is 9.47 Å². The lowest BCUT2D eigenvalue weighted by Crippen LogP contribution is -2.27. The van der Waals surface area contributed by atoms with Crippen molar-refractivity contribution >= 4 is 28.6 Å². The van der Waals surface area contributed by atoms with Gasteiger partial charge in [-0.15, -0.1) is 0 Å². The smallest absolute Gasteiger partial charge is 0.337 e. The Hall–Kier alpha value is -0.520. The lowest BCUT2D eigenvalue weighted by Gasteiger charge is -2.27. The predicted molar refractivity (Wildman–Crippen MR) is 66.6 cm³/mol. The van der Waals surface area contributed by atoms with Gasteiger partial charge in [0, 0.05) is 10.0 Å². The summed E-state index contributed by atoms with van der Waals surface area (Å²) in [6, 6.07) is 0. The number of rotatable bonds is 3. The average Bonchev–Trinajstić information content (AvgIpc) is 2.56. The van der Waals surface area contributed by atoms with Crippen LogP contribution in [0.25, 0.3) is 0 Å². The molecule has 0 N–H and O–H groups in total. The van der Waals surface area contributed by atoms with Crippen LogP contribution in [0.3, 0.4) is 0 Å². The second kappa shape index (κ2) is 4.55. The third-order valence-electron chi connectivity index (χ3n) is 2.73. The summed E-state index contributed by atoms with van der Waals surface area (Å²) in [7, 11) is 1.38. The van der Waals surface area contributed by atoms with Crippen LogP contribution in [-0.4, -0.2) is 18.7 Å². The topological polar surface area (TPSA) is 35.5 Å². The molecule has 3 nitrogen and oxygen atoms in total. The van der Waals surface area contributed by atoms with Crippen LogP contribution in [0.15, 0.2) is 21.5 Å². The number of halogens is 1. The van der Waals surface area contributed by atoms with Crippen molar-refractivity contribution in [3.63, 3.8) is 0 Å². The van der Waals surface area contributed by atoms with Crippen LogP contribution < -0.4 is 0 Å². The van der Waals surface area contributed by atoms with E-state index in [4.69, 9.17) is 9.47 Å². The minimum atomic E-state index is -0.422. The summed E-state index contributed by atoms with van der Waals surface area (Å²) in [5.74, 6) is 0.349. The molecule has 0 radical (unpaired) electrons. The molecule has 0 fully saturated rings. The van der Waals surface area contributed by atoms with Crippen molar-refractivity contribution in [1.29, 1.82) is 0 Å². The number of carbonyl (C=O) groups excluding carboxylic acids is 1. The third kappa shape index (κ3) is 2.19. The van der Waals surface area contributed by atoms with Gasteiger partial charge in [-0.3, -0.25) is 0 Å². The maximum Gasteiger partial charge on any atom is 0.337 e. The van der Waals surface area contributed by atoms with Gasteiger partial charge in [-0.2, -0.15) is 0 Å². The Labute approximate surface area is 104 Å². The molecule has 1 aliphatic rings. The Kier molecular flexibility index (Phi) is 3.81. The molecule has 0 aliphatic carbocycles. The molecule has 0 aromatic rings. The molecule has 1 unspecified atom stereocenters. The molecular weight excluding hydrogens is 307 g/mol. The second-order valence-corrected chi connectivity index (χ2v) is 4.86. The van der Waals surface area contributed by atoms with Gasteiger partial charge in [-0.1, -0.05) is 13.5 Å². The molecule has 1 aliphatic heterocycles. The summed E-state index contributed by atoms with van der Waals surface area (Å²) in [5.41, 5.74) is 0.200. The second-order valence-electron chi connectivity index (χ2n) is 3.56. The number of hydrogen-bond donors (Lipinski definition) is 0. The van der Waals surface area contributed by atoms with Crippen molar-refractivity contribution in [3.05, 3.63) is 21.5 Å². The Morgan fingerprint density at radius 1 is 1.73 bits per heavy atom. The number of ether oxygens (including phenoxy) is 2. The summed E-state index contributed by atoms with van der Waals surface area (Å²) in [6.07, 6.45) is 1.36. The Morgan fingerprint density at radius 2 is 2.33 bits per heavy atom. The number of hydrogen-bond acceptors (Lipinski definition) is 3. The fraction of sp³-hybridized carbons (Fsp3) is 0.545. The van der Waals surface area contributed by atoms with Crippen molar-refractivity contribution in [2.75, 3.05) is 7.11 Å². The lowest BCUT2D eigenvalue weighted by molar-refractivity contribution is -0.136. The van der Waals surface area contributed by atoms with Crippen LogP contribution in [-0.2, 0) is 14.3 Å². The molecule has 1 heterocycles. The fourth-order valence-electron chi connectivity index (χ4n) is 1.68. The van der Waals surface area contributed by atoms with E-state index in [1.54, 1.807) is 6.92 Å². The number of methoxy groups -OCH3 is 1. The van der Waals surface area contributed by atoms with E-state index in [-0.39, 0.29) is 5.97 Å². The molecule has 0 saturated carbocycles. The molecule has 0 saturated heterocycles. The van der Waals surface area contributed by atoms with Crippen LogP contribution >= 0.6 is 22.6 Å². The SMILES string of the molecule is C=C(I)C1(CC)CC(C(=O)OC)=C(C)O1. The first-order valence-corrected chi connectivity index (χ1v) is 5.86. The van der Waals surface area contributed by atoms with Gasteiger partial charge >= 0.3 is 5.97 Å². The Bertz CT molecular complexity index is 333. The fourth-order valence-corrected chi connectivity index (χ4v) is 2.36. The van der Waals surface area contributed by atoms with Gasteiger partial charge in [-0.25, -0.2) is 4.79 Å². The summed E-state index contributed by atoms with van der Waals surface area (Å²) >= 11 is 2.15. The molecule has 1 rings (SSSR count). The van der Waals surface area contributed by atoms with Crippen LogP contribution in [0.2, 0.25) is 0 Å². The van der Waals surface area contributed by atoms with Gasteiger partial charge in [0.1, 0.15) is 11.4 Å². The monoisotopic (exact) mass is 322 g/mol. The number of carbonyl (C=O) groups is 1. The molecule has 0 aromatic carbocycles. The van der Waals surface area contributed by atoms with Crippen molar-refractivity contribution in [3.8, 4) is 0 Å². The molecule has 1 atom stereocenters. The highest BCUT2D eigenvalue weighted by Crippen LogP contribution is 2.43. The van der Waals surface area contributed by atoms with Gasteiger partial charge in [0.05, 0.1) is 12.7 Å². The first-order chi connectivity index (χ1) is 6.96. The highest BCUT2D eigenvalue weighted by atomic mass is 127. The van der Waals surface area contributed by atoms with Gasteiger partial charge in [-0.05, 0) is 35.9 Å². The zero-order valence-corrected chi connectivity index (χ0v) is 11.4. The summed E-state index contributed by atoms with van der Waals surface area (Å²) in [5, 5.41) is 0. The van der Waals surface area contributed by atoms with Crippen LogP contribution in [0, 0.1) is 0 Å². The maximum atomic E-state index is 11.5. The number of allylic oxidation sites excluding steroid dienone is 1. The summed E-state index contributed by atoms with van der Waals surface area (Å²) < 4.78 is 11.4. The first-order valence-electron chi connectivity index (χ1n) is 4.79. The predicted octanol–water partition coefficient (Wildman–Crippen LogP) is 2.95. The van der Waals surface area contributed by atoms with E-state index in [9.17, 15) is 4.79 Å². The van der Waals surface area contributed by atoms with E-state index >= 15 is 0 Å². The standard InChI is InChI=1S/C11H15IO3/c1-5-11(8(3)12)6-9(7(2)15-11)10(13)14-4/h3,5-6H2,1-2,4H3. The van der Waals surface area contributed by atoms with Gasteiger partial charge in [0.15, 0.2) is 0 Å². The molecule has 0 bridgehead atoms.